The number of nitrogens with one attached hydrogen (secondary N) is 1. The van der Waals surface area contributed by atoms with Crippen molar-refractivity contribution in [3.8, 4) is 0 Å². The van der Waals surface area contributed by atoms with E-state index < -0.39 is 11.4 Å². The van der Waals surface area contributed by atoms with Gasteiger partial charge in [0.15, 0.2) is 0 Å². The lowest BCUT2D eigenvalue weighted by Crippen LogP contribution is -2.20. The van der Waals surface area contributed by atoms with E-state index in [2.05, 4.69) is 17.4 Å². The minimum atomic E-state index is -1.22. The van der Waals surface area contributed by atoms with Crippen LogP contribution >= 0.6 is 11.6 Å². The second-order valence-corrected chi connectivity index (χ2v) is 7.51. The third-order valence-corrected chi connectivity index (χ3v) is 5.75. The standard InChI is InChI=1S/C22H21ClN2O3/c1-2-25-12-16(22(27)28)21(26)15-10-19(17(23)11-20(15)25)24-18-9-5-7-13-6-3-4-8-14(13)18/h3-4,6,8,10-12,18,24H,2,5,7,9H2,1H3,(H,27,28)/t18-/m0/s1. The molecule has 0 aliphatic heterocycles. The zero-order chi connectivity index (χ0) is 19.8. The van der Waals surface area contributed by atoms with Crippen LogP contribution in [0.3, 0.4) is 0 Å². The van der Waals surface area contributed by atoms with E-state index >= 15 is 0 Å². The highest BCUT2D eigenvalue weighted by Crippen LogP contribution is 2.35. The Labute approximate surface area is 167 Å². The van der Waals surface area contributed by atoms with Crippen LogP contribution in [0, 0.1) is 0 Å². The van der Waals surface area contributed by atoms with Gasteiger partial charge in [-0.15, -0.1) is 0 Å². The first-order chi connectivity index (χ1) is 13.5. The molecule has 6 heteroatoms. The van der Waals surface area contributed by atoms with Crippen molar-refractivity contribution >= 4 is 34.2 Å². The van der Waals surface area contributed by atoms with Gasteiger partial charge in [-0.25, -0.2) is 4.79 Å². The fourth-order valence-corrected chi connectivity index (χ4v) is 4.24. The number of rotatable bonds is 4. The maximum atomic E-state index is 12.7. The minimum Gasteiger partial charge on any atom is -0.477 e. The molecule has 2 aromatic carbocycles. The van der Waals surface area contributed by atoms with Crippen LogP contribution in [0.15, 0.2) is 47.4 Å². The minimum absolute atomic E-state index is 0.107. The van der Waals surface area contributed by atoms with Gasteiger partial charge in [-0.1, -0.05) is 35.9 Å². The highest BCUT2D eigenvalue weighted by atomic mass is 35.5. The third-order valence-electron chi connectivity index (χ3n) is 5.44. The molecule has 0 saturated heterocycles. The van der Waals surface area contributed by atoms with Crippen LogP contribution in [0.4, 0.5) is 5.69 Å². The fourth-order valence-electron chi connectivity index (χ4n) is 4.03. The average Bonchev–Trinajstić information content (AvgIpc) is 2.69. The van der Waals surface area contributed by atoms with E-state index in [-0.39, 0.29) is 11.6 Å². The van der Waals surface area contributed by atoms with Gasteiger partial charge in [-0.2, -0.15) is 0 Å². The van der Waals surface area contributed by atoms with Gasteiger partial charge in [0.05, 0.1) is 22.3 Å². The highest BCUT2D eigenvalue weighted by Gasteiger charge is 2.21. The lowest BCUT2D eigenvalue weighted by Gasteiger charge is -2.28. The van der Waals surface area contributed by atoms with Gasteiger partial charge < -0.3 is 15.0 Å². The van der Waals surface area contributed by atoms with Crippen LogP contribution in [-0.4, -0.2) is 15.6 Å². The average molecular weight is 397 g/mol. The Morgan fingerprint density at radius 3 is 2.86 bits per heavy atom. The number of pyridine rings is 1. The molecule has 0 saturated carbocycles. The molecule has 0 fully saturated rings. The number of hydrogen-bond acceptors (Lipinski definition) is 3. The van der Waals surface area contributed by atoms with Gasteiger partial charge in [0.25, 0.3) is 0 Å². The molecule has 28 heavy (non-hydrogen) atoms. The molecule has 144 valence electrons. The molecule has 1 aromatic heterocycles. The molecule has 0 bridgehead atoms. The lowest BCUT2D eigenvalue weighted by molar-refractivity contribution is 0.0695. The predicted molar refractivity (Wildman–Crippen MR) is 112 cm³/mol. The topological polar surface area (TPSA) is 71.3 Å². The Morgan fingerprint density at radius 2 is 2.11 bits per heavy atom. The Kier molecular flexibility index (Phi) is 4.85. The molecule has 3 aromatic rings. The first-order valence-electron chi connectivity index (χ1n) is 9.44. The van der Waals surface area contributed by atoms with Gasteiger partial charge in [0.2, 0.25) is 5.43 Å². The first-order valence-corrected chi connectivity index (χ1v) is 9.81. The highest BCUT2D eigenvalue weighted by molar-refractivity contribution is 6.34. The van der Waals surface area contributed by atoms with E-state index in [0.29, 0.717) is 28.2 Å². The summed E-state index contributed by atoms with van der Waals surface area (Å²) in [5, 5.41) is 13.7. The van der Waals surface area contributed by atoms with Crippen molar-refractivity contribution in [1.29, 1.82) is 0 Å². The summed E-state index contributed by atoms with van der Waals surface area (Å²) in [4.78, 5) is 24.2. The molecule has 0 unspecified atom stereocenters. The van der Waals surface area contributed by atoms with Crippen molar-refractivity contribution in [1.82, 2.24) is 4.57 Å². The number of carboxylic acid groups (broad SMARTS) is 1. The zero-order valence-electron chi connectivity index (χ0n) is 15.5. The van der Waals surface area contributed by atoms with Gasteiger partial charge in [0, 0.05) is 18.1 Å². The number of fused-ring (bicyclic) bond motifs is 2. The second-order valence-electron chi connectivity index (χ2n) is 7.10. The Bertz CT molecular complexity index is 1140. The summed E-state index contributed by atoms with van der Waals surface area (Å²) in [6, 6.07) is 11.9. The van der Waals surface area contributed by atoms with Gasteiger partial charge in [-0.3, -0.25) is 4.79 Å². The normalized spacial score (nSPS) is 16.0. The summed E-state index contributed by atoms with van der Waals surface area (Å²) in [6.45, 7) is 2.44. The largest absolute Gasteiger partial charge is 0.477 e. The maximum Gasteiger partial charge on any atom is 0.341 e. The summed E-state index contributed by atoms with van der Waals surface area (Å²) < 4.78 is 1.74. The van der Waals surface area contributed by atoms with Crippen molar-refractivity contribution in [2.24, 2.45) is 0 Å². The molecule has 1 atom stereocenters. The number of benzene rings is 2. The van der Waals surface area contributed by atoms with E-state index in [1.54, 1.807) is 16.7 Å². The van der Waals surface area contributed by atoms with Crippen LogP contribution in [0.5, 0.6) is 0 Å². The third kappa shape index (κ3) is 3.16. The Morgan fingerprint density at radius 1 is 1.32 bits per heavy atom. The van der Waals surface area contributed by atoms with Crippen molar-refractivity contribution < 1.29 is 9.90 Å². The summed E-state index contributed by atoms with van der Waals surface area (Å²) >= 11 is 6.54. The van der Waals surface area contributed by atoms with E-state index in [4.69, 9.17) is 11.6 Å². The van der Waals surface area contributed by atoms with Crippen molar-refractivity contribution in [3.63, 3.8) is 0 Å². The lowest BCUT2D eigenvalue weighted by atomic mass is 9.87. The second kappa shape index (κ2) is 7.32. The van der Waals surface area contributed by atoms with E-state index in [9.17, 15) is 14.7 Å². The molecular weight excluding hydrogens is 376 g/mol. The number of hydrogen-bond donors (Lipinski definition) is 2. The van der Waals surface area contributed by atoms with Crippen LogP contribution < -0.4 is 10.7 Å². The molecule has 1 heterocycles. The first kappa shape index (κ1) is 18.6. The van der Waals surface area contributed by atoms with Gasteiger partial charge in [-0.05, 0) is 49.4 Å². The van der Waals surface area contributed by atoms with Crippen LogP contribution in [0.25, 0.3) is 10.9 Å². The molecule has 4 rings (SSSR count). The van der Waals surface area contributed by atoms with E-state index in [0.717, 1.165) is 19.3 Å². The summed E-state index contributed by atoms with van der Waals surface area (Å²) in [5.41, 5.74) is 3.14. The van der Waals surface area contributed by atoms with Crippen LogP contribution in [-0.2, 0) is 13.0 Å². The van der Waals surface area contributed by atoms with Gasteiger partial charge >= 0.3 is 5.97 Å². The van der Waals surface area contributed by atoms with Crippen molar-refractivity contribution in [3.05, 3.63) is 74.5 Å². The number of anilines is 1. The number of aromatic nitrogens is 1. The molecular formula is C22H21ClN2O3. The summed E-state index contributed by atoms with van der Waals surface area (Å²) in [7, 11) is 0. The molecule has 0 amide bonds. The maximum absolute atomic E-state index is 12.7. The SMILES string of the molecule is CCn1cc(C(=O)O)c(=O)c2cc(N[C@H]3CCCc4ccccc43)c(Cl)cc21. The molecule has 0 radical (unpaired) electrons. The Hall–Kier alpha value is -2.79. The van der Waals surface area contributed by atoms with Crippen molar-refractivity contribution in [2.45, 2.75) is 38.8 Å². The summed E-state index contributed by atoms with van der Waals surface area (Å²) in [6.07, 6.45) is 4.49. The number of carboxylic acids is 1. The molecule has 5 nitrogen and oxygen atoms in total. The number of aromatic carboxylic acids is 1. The number of nitrogens with zero attached hydrogens (tertiary/aromatic N) is 1. The number of halogens is 1. The van der Waals surface area contributed by atoms with Crippen molar-refractivity contribution in [2.75, 3.05) is 5.32 Å². The quantitative estimate of drug-likeness (QED) is 0.660. The monoisotopic (exact) mass is 396 g/mol. The summed E-state index contributed by atoms with van der Waals surface area (Å²) in [5.74, 6) is -1.22. The van der Waals surface area contributed by atoms with Crippen LogP contribution in [0.2, 0.25) is 5.02 Å². The molecule has 1 aliphatic carbocycles. The predicted octanol–water partition coefficient (Wildman–Crippen LogP) is 4.86. The Balaban J connectivity index is 1.83. The molecule has 0 spiro atoms. The smallest absolute Gasteiger partial charge is 0.341 e. The number of carbonyl (C=O) groups is 1. The van der Waals surface area contributed by atoms with Gasteiger partial charge in [0.1, 0.15) is 5.56 Å². The van der Waals surface area contributed by atoms with E-state index in [1.807, 2.05) is 19.1 Å². The molecule has 2 N–H and O–H groups in total. The number of aryl methyl sites for hydroxylation is 2. The zero-order valence-corrected chi connectivity index (χ0v) is 16.3. The van der Waals surface area contributed by atoms with E-state index in [1.165, 1.54) is 17.3 Å². The molecule has 1 aliphatic rings. The van der Waals surface area contributed by atoms with Crippen LogP contribution in [0.1, 0.15) is 47.3 Å². The fraction of sp³-hybridized carbons (Fsp3) is 0.273.